The maximum absolute atomic E-state index is 5.64. The van der Waals surface area contributed by atoms with Gasteiger partial charge in [-0.1, -0.05) is 6.42 Å². The van der Waals surface area contributed by atoms with Gasteiger partial charge in [0, 0.05) is 6.54 Å². The Hall–Kier alpha value is -0.970. The van der Waals surface area contributed by atoms with Gasteiger partial charge in [0.05, 0.1) is 7.11 Å². The molecule has 0 amide bonds. The molecule has 1 heterocycles. The summed E-state index contributed by atoms with van der Waals surface area (Å²) in [6.07, 6.45) is 4.04. The molecular weight excluding hydrogens is 198 g/mol. The fourth-order valence-corrected chi connectivity index (χ4v) is 2.23. The van der Waals surface area contributed by atoms with Crippen LogP contribution in [0, 0.1) is 5.92 Å². The van der Waals surface area contributed by atoms with Gasteiger partial charge in [0.2, 0.25) is 0 Å². The molecule has 0 unspecified atom stereocenters. The molecule has 78 valence electrons. The summed E-state index contributed by atoms with van der Waals surface area (Å²) in [5.41, 5.74) is 5.64. The highest BCUT2D eigenvalue weighted by molar-refractivity contribution is 7.11. The van der Waals surface area contributed by atoms with Crippen LogP contribution in [-0.2, 0) is 0 Å². The molecule has 0 saturated heterocycles. The monoisotopic (exact) mass is 213 g/mol. The van der Waals surface area contributed by atoms with E-state index in [1.807, 2.05) is 0 Å². The second kappa shape index (κ2) is 4.04. The molecular formula is C9H15N3OS. The van der Waals surface area contributed by atoms with E-state index in [9.17, 15) is 0 Å². The van der Waals surface area contributed by atoms with Crippen LogP contribution in [0.2, 0.25) is 0 Å². The van der Waals surface area contributed by atoms with Gasteiger partial charge in [0.15, 0.2) is 16.6 Å². The third-order valence-corrected chi connectivity index (χ3v) is 3.45. The van der Waals surface area contributed by atoms with Crippen LogP contribution in [0.4, 0.5) is 10.8 Å². The fourth-order valence-electron chi connectivity index (χ4n) is 1.54. The molecule has 0 aromatic carbocycles. The zero-order valence-electron chi connectivity index (χ0n) is 8.25. The Morgan fingerprint density at radius 2 is 2.43 bits per heavy atom. The van der Waals surface area contributed by atoms with Crippen molar-refractivity contribution in [1.82, 2.24) is 4.37 Å². The van der Waals surface area contributed by atoms with Crippen molar-refractivity contribution in [2.24, 2.45) is 5.92 Å². The smallest absolute Gasteiger partial charge is 0.197 e. The Bertz CT molecular complexity index is 309. The molecule has 1 aromatic rings. The molecule has 1 aliphatic rings. The van der Waals surface area contributed by atoms with Crippen molar-refractivity contribution in [1.29, 1.82) is 0 Å². The highest BCUT2D eigenvalue weighted by Crippen LogP contribution is 2.35. The molecule has 0 spiro atoms. The van der Waals surface area contributed by atoms with Gasteiger partial charge in [-0.3, -0.25) is 0 Å². The van der Waals surface area contributed by atoms with Crippen LogP contribution in [0.5, 0.6) is 5.75 Å². The predicted molar refractivity (Wildman–Crippen MR) is 58.9 cm³/mol. The Morgan fingerprint density at radius 3 is 3.00 bits per heavy atom. The molecule has 0 atom stereocenters. The number of hydrogen-bond acceptors (Lipinski definition) is 5. The van der Waals surface area contributed by atoms with E-state index < -0.39 is 0 Å². The predicted octanol–water partition coefficient (Wildman–Crippen LogP) is 1.95. The van der Waals surface area contributed by atoms with E-state index in [1.54, 1.807) is 7.11 Å². The van der Waals surface area contributed by atoms with E-state index in [0.29, 0.717) is 11.6 Å². The topological polar surface area (TPSA) is 60.2 Å². The van der Waals surface area contributed by atoms with E-state index in [2.05, 4.69) is 9.69 Å². The van der Waals surface area contributed by atoms with Crippen LogP contribution >= 0.6 is 11.5 Å². The van der Waals surface area contributed by atoms with Gasteiger partial charge in [0.25, 0.3) is 0 Å². The third-order valence-electron chi connectivity index (χ3n) is 2.65. The Labute approximate surface area is 87.6 Å². The van der Waals surface area contributed by atoms with Crippen molar-refractivity contribution in [3.63, 3.8) is 0 Å². The standard InChI is InChI=1S/C9H15N3OS/c1-13-7-8(10)12-14-9(7)11-5-6-3-2-4-6/h6,11H,2-5H2,1H3,(H2,10,12). The molecule has 3 N–H and O–H groups in total. The Morgan fingerprint density at radius 1 is 1.64 bits per heavy atom. The number of nitrogen functional groups attached to an aromatic ring is 1. The van der Waals surface area contributed by atoms with Gasteiger partial charge < -0.3 is 15.8 Å². The number of ether oxygens (including phenoxy) is 1. The second-order valence-corrected chi connectivity index (χ2v) is 4.38. The van der Waals surface area contributed by atoms with E-state index in [0.717, 1.165) is 17.5 Å². The average Bonchev–Trinajstić information content (AvgIpc) is 2.44. The van der Waals surface area contributed by atoms with Crippen LogP contribution in [0.3, 0.4) is 0 Å². The number of nitrogens with two attached hydrogens (primary N) is 1. The number of hydrogen-bond donors (Lipinski definition) is 2. The minimum absolute atomic E-state index is 0.480. The van der Waals surface area contributed by atoms with Crippen molar-refractivity contribution < 1.29 is 4.74 Å². The summed E-state index contributed by atoms with van der Waals surface area (Å²) < 4.78 is 9.20. The van der Waals surface area contributed by atoms with Crippen LogP contribution < -0.4 is 15.8 Å². The molecule has 4 nitrogen and oxygen atoms in total. The highest BCUT2D eigenvalue weighted by atomic mass is 32.1. The van der Waals surface area contributed by atoms with E-state index >= 15 is 0 Å². The number of nitrogens with one attached hydrogen (secondary N) is 1. The molecule has 0 radical (unpaired) electrons. The van der Waals surface area contributed by atoms with Crippen LogP contribution in [0.1, 0.15) is 19.3 Å². The SMILES string of the molecule is COc1c(N)nsc1NCC1CCC1. The summed E-state index contributed by atoms with van der Waals surface area (Å²) in [6.45, 7) is 1.01. The first-order valence-corrected chi connectivity index (χ1v) is 5.61. The van der Waals surface area contributed by atoms with Crippen molar-refractivity contribution >= 4 is 22.4 Å². The van der Waals surface area contributed by atoms with Crippen LogP contribution in [-0.4, -0.2) is 18.0 Å². The first-order valence-electron chi connectivity index (χ1n) is 4.84. The lowest BCUT2D eigenvalue weighted by molar-refractivity contribution is 0.333. The molecule has 1 saturated carbocycles. The maximum Gasteiger partial charge on any atom is 0.197 e. The summed E-state index contributed by atoms with van der Waals surface area (Å²) in [5, 5.41) is 4.29. The van der Waals surface area contributed by atoms with E-state index in [1.165, 1.54) is 30.8 Å². The first-order chi connectivity index (χ1) is 6.81. The lowest BCUT2D eigenvalue weighted by Crippen LogP contribution is -2.20. The zero-order chi connectivity index (χ0) is 9.97. The average molecular weight is 213 g/mol. The number of anilines is 2. The molecule has 5 heteroatoms. The quantitative estimate of drug-likeness (QED) is 0.802. The third kappa shape index (κ3) is 1.77. The largest absolute Gasteiger partial charge is 0.490 e. The van der Waals surface area contributed by atoms with Gasteiger partial charge in [-0.25, -0.2) is 0 Å². The number of rotatable bonds is 4. The van der Waals surface area contributed by atoms with E-state index in [4.69, 9.17) is 10.5 Å². The molecule has 14 heavy (non-hydrogen) atoms. The lowest BCUT2D eigenvalue weighted by atomic mass is 9.85. The van der Waals surface area contributed by atoms with E-state index in [-0.39, 0.29) is 0 Å². The van der Waals surface area contributed by atoms with Crippen molar-refractivity contribution in [2.75, 3.05) is 24.7 Å². The second-order valence-electron chi connectivity index (χ2n) is 3.61. The van der Waals surface area contributed by atoms with Gasteiger partial charge in [-0.15, -0.1) is 0 Å². The van der Waals surface area contributed by atoms with Crippen LogP contribution in [0.25, 0.3) is 0 Å². The highest BCUT2D eigenvalue weighted by Gasteiger charge is 2.18. The van der Waals surface area contributed by atoms with Crippen molar-refractivity contribution in [2.45, 2.75) is 19.3 Å². The molecule has 1 fully saturated rings. The van der Waals surface area contributed by atoms with Gasteiger partial charge in [0.1, 0.15) is 0 Å². The molecule has 0 aliphatic heterocycles. The Kier molecular flexibility index (Phi) is 2.77. The number of nitrogens with zero attached hydrogens (tertiary/aromatic N) is 1. The normalized spacial score (nSPS) is 16.4. The minimum Gasteiger partial charge on any atom is -0.490 e. The van der Waals surface area contributed by atoms with Gasteiger partial charge >= 0.3 is 0 Å². The molecule has 1 aliphatic carbocycles. The molecule has 1 aromatic heterocycles. The minimum atomic E-state index is 0.480. The zero-order valence-corrected chi connectivity index (χ0v) is 9.06. The molecule has 0 bridgehead atoms. The summed E-state index contributed by atoms with van der Waals surface area (Å²) in [5.74, 6) is 1.99. The van der Waals surface area contributed by atoms with Crippen molar-refractivity contribution in [3.8, 4) is 5.75 Å². The van der Waals surface area contributed by atoms with Gasteiger partial charge in [-0.05, 0) is 30.3 Å². The first kappa shape index (κ1) is 9.58. The fraction of sp³-hybridized carbons (Fsp3) is 0.667. The summed E-state index contributed by atoms with van der Waals surface area (Å²) >= 11 is 1.37. The molecule has 2 rings (SSSR count). The summed E-state index contributed by atoms with van der Waals surface area (Å²) in [7, 11) is 1.62. The summed E-state index contributed by atoms with van der Waals surface area (Å²) in [6, 6.07) is 0. The van der Waals surface area contributed by atoms with Gasteiger partial charge in [-0.2, -0.15) is 4.37 Å². The van der Waals surface area contributed by atoms with Crippen LogP contribution in [0.15, 0.2) is 0 Å². The number of methoxy groups -OCH3 is 1. The maximum atomic E-state index is 5.64. The Balaban J connectivity index is 1.93. The summed E-state index contributed by atoms with van der Waals surface area (Å²) in [4.78, 5) is 0. The van der Waals surface area contributed by atoms with Crippen molar-refractivity contribution in [3.05, 3.63) is 0 Å². The number of aromatic nitrogens is 1. The lowest BCUT2D eigenvalue weighted by Gasteiger charge is -2.25.